The number of rotatable bonds is 4. The molecule has 220 valence electrons. The summed E-state index contributed by atoms with van der Waals surface area (Å²) >= 11 is 0. The van der Waals surface area contributed by atoms with E-state index in [1.54, 1.807) is 24.3 Å². The zero-order chi connectivity index (χ0) is 31.4. The quantitative estimate of drug-likeness (QED) is 0.155. The Labute approximate surface area is 262 Å². The Morgan fingerprint density at radius 1 is 0.391 bits per heavy atom. The van der Waals surface area contributed by atoms with Crippen molar-refractivity contribution in [2.45, 2.75) is 0 Å². The van der Waals surface area contributed by atoms with Crippen molar-refractivity contribution in [1.29, 1.82) is 0 Å². The first-order valence-corrected chi connectivity index (χ1v) is 14.8. The molecule has 0 saturated carbocycles. The smallest absolute Gasteiger partial charge is 0.344 e. The summed E-state index contributed by atoms with van der Waals surface area (Å²) in [5, 5.41) is 3.73. The molecule has 0 amide bonds. The number of nitrogens with two attached hydrogens (primary N) is 2. The van der Waals surface area contributed by atoms with Crippen molar-refractivity contribution in [2.75, 3.05) is 11.5 Å². The highest BCUT2D eigenvalue weighted by molar-refractivity contribution is 6.05. The average molecular weight is 599 g/mol. The summed E-state index contributed by atoms with van der Waals surface area (Å²) in [5.74, 6) is 0. The summed E-state index contributed by atoms with van der Waals surface area (Å²) in [4.78, 5) is 26.0. The van der Waals surface area contributed by atoms with Gasteiger partial charge >= 0.3 is 11.3 Å². The molecule has 0 aliphatic rings. The Morgan fingerprint density at radius 3 is 1.24 bits per heavy atom. The van der Waals surface area contributed by atoms with E-state index in [2.05, 4.69) is 24.3 Å². The maximum absolute atomic E-state index is 13.0. The van der Waals surface area contributed by atoms with Crippen LogP contribution in [-0.2, 0) is 0 Å². The topological polar surface area (TPSA) is 112 Å². The lowest BCUT2D eigenvalue weighted by molar-refractivity contribution is 0.563. The number of fused-ring (bicyclic) bond motifs is 3. The van der Waals surface area contributed by atoms with Gasteiger partial charge < -0.3 is 20.3 Å². The fourth-order valence-electron chi connectivity index (χ4n) is 6.17. The number of hydrogen-bond donors (Lipinski definition) is 2. The van der Waals surface area contributed by atoms with Gasteiger partial charge in [0.2, 0.25) is 0 Å². The molecule has 0 atom stereocenters. The lowest BCUT2D eigenvalue weighted by atomic mass is 9.90. The third kappa shape index (κ3) is 4.69. The first kappa shape index (κ1) is 27.2. The lowest BCUT2D eigenvalue weighted by Gasteiger charge is -2.14. The minimum Gasteiger partial charge on any atom is -0.422 e. The third-order valence-electron chi connectivity index (χ3n) is 8.41. The van der Waals surface area contributed by atoms with Crippen LogP contribution in [0.1, 0.15) is 0 Å². The summed E-state index contributed by atoms with van der Waals surface area (Å²) < 4.78 is 11.2. The molecule has 2 aromatic heterocycles. The summed E-state index contributed by atoms with van der Waals surface area (Å²) in [6, 6.07) is 42.6. The molecule has 0 aliphatic heterocycles. The molecule has 6 aromatic carbocycles. The van der Waals surface area contributed by atoms with Gasteiger partial charge in [-0.2, -0.15) is 0 Å². The van der Waals surface area contributed by atoms with Gasteiger partial charge in [-0.05, 0) is 92.7 Å². The minimum absolute atomic E-state index is 0.417. The fourth-order valence-corrected chi connectivity index (χ4v) is 6.17. The van der Waals surface area contributed by atoms with Crippen LogP contribution in [0.5, 0.6) is 0 Å². The van der Waals surface area contributed by atoms with Crippen molar-refractivity contribution in [3.8, 4) is 44.5 Å². The highest BCUT2D eigenvalue weighted by atomic mass is 16.4. The molecule has 4 N–H and O–H groups in total. The monoisotopic (exact) mass is 598 g/mol. The van der Waals surface area contributed by atoms with Gasteiger partial charge in [-0.25, -0.2) is 9.59 Å². The SMILES string of the molecule is Nc1ccc2cc(-c3cccc(-c4ccc(-c5cccc(-c6cc7ccc(N)cc7oc6=O)c5)c5ccccc45)c3)c(=O)oc2c1. The molecule has 0 aliphatic carbocycles. The molecule has 0 saturated heterocycles. The van der Waals surface area contributed by atoms with Gasteiger partial charge in [0.25, 0.3) is 0 Å². The fraction of sp³-hybridized carbons (Fsp3) is 0. The highest BCUT2D eigenvalue weighted by Gasteiger charge is 2.14. The normalized spacial score (nSPS) is 11.4. The molecule has 0 fully saturated rings. The first-order chi connectivity index (χ1) is 22.4. The lowest BCUT2D eigenvalue weighted by Crippen LogP contribution is -2.03. The van der Waals surface area contributed by atoms with Gasteiger partial charge in [0.15, 0.2) is 0 Å². The average Bonchev–Trinajstić information content (AvgIpc) is 3.07. The van der Waals surface area contributed by atoms with Crippen LogP contribution < -0.4 is 22.7 Å². The number of anilines is 2. The number of benzene rings is 6. The van der Waals surface area contributed by atoms with E-state index in [0.717, 1.165) is 54.9 Å². The molecule has 0 radical (unpaired) electrons. The molecule has 8 rings (SSSR count). The molecule has 2 heterocycles. The molecular formula is C40H26N2O4. The molecular weight excluding hydrogens is 572 g/mol. The second-order valence-corrected chi connectivity index (χ2v) is 11.4. The van der Waals surface area contributed by atoms with Crippen LogP contribution in [0, 0.1) is 0 Å². The molecule has 0 unspecified atom stereocenters. The van der Waals surface area contributed by atoms with Gasteiger partial charge in [-0.15, -0.1) is 0 Å². The van der Waals surface area contributed by atoms with Gasteiger partial charge in [0, 0.05) is 34.3 Å². The van der Waals surface area contributed by atoms with Crippen molar-refractivity contribution in [3.05, 3.63) is 154 Å². The van der Waals surface area contributed by atoms with E-state index in [1.807, 2.05) is 84.9 Å². The van der Waals surface area contributed by atoms with E-state index in [1.165, 1.54) is 0 Å². The summed E-state index contributed by atoms with van der Waals surface area (Å²) in [5.41, 5.74) is 19.4. The Balaban J connectivity index is 1.22. The molecule has 6 nitrogen and oxygen atoms in total. The first-order valence-electron chi connectivity index (χ1n) is 14.8. The Morgan fingerprint density at radius 2 is 0.804 bits per heavy atom. The standard InChI is InChI=1S/C40H26N2O4/c41-29-13-11-27-19-35(39(43)45-37(27)21-29)25-7-3-5-23(17-25)31-15-16-32(34-10-2-1-9-33(31)34)24-6-4-8-26(18-24)36-20-28-12-14-30(42)22-38(28)46-40(36)44/h1-22H,41-42H2. The van der Waals surface area contributed by atoms with Crippen LogP contribution in [0.3, 0.4) is 0 Å². The summed E-state index contributed by atoms with van der Waals surface area (Å²) in [7, 11) is 0. The van der Waals surface area contributed by atoms with E-state index < -0.39 is 11.3 Å². The Kier molecular flexibility index (Phi) is 6.29. The van der Waals surface area contributed by atoms with Crippen LogP contribution in [0.2, 0.25) is 0 Å². The van der Waals surface area contributed by atoms with Crippen molar-refractivity contribution < 1.29 is 8.83 Å². The molecule has 0 bridgehead atoms. The van der Waals surface area contributed by atoms with Crippen molar-refractivity contribution in [3.63, 3.8) is 0 Å². The van der Waals surface area contributed by atoms with Gasteiger partial charge in [0.05, 0.1) is 11.1 Å². The molecule has 46 heavy (non-hydrogen) atoms. The molecule has 6 heteroatoms. The predicted molar refractivity (Wildman–Crippen MR) is 187 cm³/mol. The van der Waals surface area contributed by atoms with Gasteiger partial charge in [-0.1, -0.05) is 72.8 Å². The minimum atomic E-state index is -0.417. The number of hydrogen-bond acceptors (Lipinski definition) is 6. The summed E-state index contributed by atoms with van der Waals surface area (Å²) in [6.07, 6.45) is 0. The Hall–Kier alpha value is -6.40. The van der Waals surface area contributed by atoms with Crippen LogP contribution in [0.15, 0.2) is 152 Å². The maximum atomic E-state index is 13.0. The highest BCUT2D eigenvalue weighted by Crippen LogP contribution is 2.38. The largest absolute Gasteiger partial charge is 0.422 e. The van der Waals surface area contributed by atoms with E-state index in [9.17, 15) is 9.59 Å². The van der Waals surface area contributed by atoms with Crippen LogP contribution in [-0.4, -0.2) is 0 Å². The van der Waals surface area contributed by atoms with Crippen LogP contribution in [0.4, 0.5) is 11.4 Å². The molecule has 8 aromatic rings. The zero-order valence-electron chi connectivity index (χ0n) is 24.5. The second-order valence-electron chi connectivity index (χ2n) is 11.4. The Bertz CT molecular complexity index is 2430. The van der Waals surface area contributed by atoms with E-state index in [0.29, 0.717) is 33.7 Å². The zero-order valence-corrected chi connectivity index (χ0v) is 24.5. The van der Waals surface area contributed by atoms with Crippen molar-refractivity contribution in [1.82, 2.24) is 0 Å². The summed E-state index contributed by atoms with van der Waals surface area (Å²) in [6.45, 7) is 0. The van der Waals surface area contributed by atoms with Gasteiger partial charge in [0.1, 0.15) is 11.2 Å². The van der Waals surface area contributed by atoms with E-state index in [4.69, 9.17) is 20.3 Å². The second kappa shape index (κ2) is 10.6. The predicted octanol–water partition coefficient (Wildman–Crippen LogP) is 8.88. The maximum Gasteiger partial charge on any atom is 0.344 e. The van der Waals surface area contributed by atoms with E-state index >= 15 is 0 Å². The van der Waals surface area contributed by atoms with Crippen LogP contribution >= 0.6 is 0 Å². The van der Waals surface area contributed by atoms with Crippen molar-refractivity contribution in [2.24, 2.45) is 0 Å². The molecule has 0 spiro atoms. The third-order valence-corrected chi connectivity index (χ3v) is 8.41. The van der Waals surface area contributed by atoms with Crippen LogP contribution in [0.25, 0.3) is 77.2 Å². The van der Waals surface area contributed by atoms with E-state index in [-0.39, 0.29) is 0 Å². The van der Waals surface area contributed by atoms with Crippen molar-refractivity contribution >= 4 is 44.1 Å². The number of nitrogen functional groups attached to an aromatic ring is 2. The van der Waals surface area contributed by atoms with Gasteiger partial charge in [-0.3, -0.25) is 0 Å².